The van der Waals surface area contributed by atoms with Crippen molar-refractivity contribution in [1.29, 1.82) is 0 Å². The summed E-state index contributed by atoms with van der Waals surface area (Å²) in [6, 6.07) is 0. The van der Waals surface area contributed by atoms with Gasteiger partial charge in [0.25, 0.3) is 5.82 Å². The van der Waals surface area contributed by atoms with E-state index in [0.29, 0.717) is 4.09 Å². The van der Waals surface area contributed by atoms with Gasteiger partial charge in [-0.25, -0.2) is 4.98 Å². The van der Waals surface area contributed by atoms with Crippen LogP contribution in [0.1, 0.15) is 5.82 Å². The van der Waals surface area contributed by atoms with Crippen molar-refractivity contribution in [1.82, 2.24) is 14.2 Å². The summed E-state index contributed by atoms with van der Waals surface area (Å²) in [6.45, 7) is 0. The Morgan fingerprint density at radius 3 is 2.30 bits per heavy atom. The average molecular weight is 169 g/mol. The third-order valence-corrected chi connectivity index (χ3v) is 0.927. The number of halogens is 3. The summed E-state index contributed by atoms with van der Waals surface area (Å²) in [7, 11) is 0. The van der Waals surface area contributed by atoms with E-state index in [9.17, 15) is 13.2 Å². The van der Waals surface area contributed by atoms with Crippen molar-refractivity contribution < 1.29 is 13.2 Å². The zero-order chi connectivity index (χ0) is 7.78. The highest BCUT2D eigenvalue weighted by molar-refractivity contribution is 7.78. The van der Waals surface area contributed by atoms with E-state index in [1.165, 1.54) is 0 Å². The highest BCUT2D eigenvalue weighted by atomic mass is 32.1. The second-order valence-corrected chi connectivity index (χ2v) is 1.90. The lowest BCUT2D eigenvalue weighted by Crippen LogP contribution is -2.07. The topological polar surface area (TPSA) is 30.7 Å². The molecule has 0 aromatic carbocycles. The van der Waals surface area contributed by atoms with Crippen LogP contribution in [0.4, 0.5) is 13.2 Å². The van der Waals surface area contributed by atoms with Crippen molar-refractivity contribution in [2.45, 2.75) is 6.18 Å². The Hall–Kier alpha value is -0.720. The number of hydrogen-bond donors (Lipinski definition) is 1. The maximum atomic E-state index is 11.6. The number of aromatic nitrogens is 3. The standard InChI is InChI=1S/C3H2F3N3S/c4-3(5,6)2-7-1-9(10)8-2/h1,10H. The molecule has 0 radical (unpaired) electrons. The Bertz CT molecular complexity index is 229. The first-order valence-electron chi connectivity index (χ1n) is 2.18. The Morgan fingerprint density at radius 2 is 2.10 bits per heavy atom. The zero-order valence-corrected chi connectivity index (χ0v) is 5.39. The molecule has 0 saturated heterocycles. The third-order valence-electron chi connectivity index (χ3n) is 0.734. The summed E-state index contributed by atoms with van der Waals surface area (Å²) in [5.41, 5.74) is 0. The molecule has 10 heavy (non-hydrogen) atoms. The minimum absolute atomic E-state index is 0.697. The first kappa shape index (κ1) is 7.39. The van der Waals surface area contributed by atoms with Crippen LogP contribution >= 0.6 is 12.8 Å². The van der Waals surface area contributed by atoms with Gasteiger partial charge < -0.3 is 0 Å². The molecular weight excluding hydrogens is 167 g/mol. The molecule has 0 amide bonds. The van der Waals surface area contributed by atoms with Gasteiger partial charge in [0, 0.05) is 0 Å². The summed E-state index contributed by atoms with van der Waals surface area (Å²) in [5.74, 6) is -1.18. The SMILES string of the molecule is FC(F)(F)c1ncn(S)n1. The van der Waals surface area contributed by atoms with Crippen molar-refractivity contribution in [3.63, 3.8) is 0 Å². The molecular formula is C3H2F3N3S. The molecule has 0 spiro atoms. The van der Waals surface area contributed by atoms with E-state index >= 15 is 0 Å². The fraction of sp³-hybridized carbons (Fsp3) is 0.333. The molecule has 0 bridgehead atoms. The maximum Gasteiger partial charge on any atom is 0.453 e. The number of alkyl halides is 3. The lowest BCUT2D eigenvalue weighted by molar-refractivity contribution is -0.144. The van der Waals surface area contributed by atoms with Gasteiger partial charge in [0.2, 0.25) is 0 Å². The van der Waals surface area contributed by atoms with Gasteiger partial charge in [-0.1, -0.05) is 0 Å². The number of nitrogens with zero attached hydrogens (tertiary/aromatic N) is 3. The van der Waals surface area contributed by atoms with E-state index in [4.69, 9.17) is 0 Å². The quantitative estimate of drug-likeness (QED) is 0.587. The van der Waals surface area contributed by atoms with Gasteiger partial charge in [-0.3, -0.25) is 0 Å². The van der Waals surface area contributed by atoms with Gasteiger partial charge in [0.15, 0.2) is 0 Å². The minimum atomic E-state index is -4.48. The van der Waals surface area contributed by atoms with Crippen LogP contribution in [0.25, 0.3) is 0 Å². The maximum absolute atomic E-state index is 11.6. The van der Waals surface area contributed by atoms with Crippen molar-refractivity contribution in [3.05, 3.63) is 12.2 Å². The van der Waals surface area contributed by atoms with Crippen molar-refractivity contribution >= 4 is 12.8 Å². The molecule has 3 nitrogen and oxygen atoms in total. The minimum Gasteiger partial charge on any atom is -0.210 e. The second kappa shape index (κ2) is 2.15. The summed E-state index contributed by atoms with van der Waals surface area (Å²) in [5, 5.41) is 2.93. The monoisotopic (exact) mass is 169 g/mol. The van der Waals surface area contributed by atoms with E-state index in [0.717, 1.165) is 6.33 Å². The smallest absolute Gasteiger partial charge is 0.210 e. The zero-order valence-electron chi connectivity index (χ0n) is 4.50. The molecule has 0 aliphatic heterocycles. The van der Waals surface area contributed by atoms with Gasteiger partial charge in [-0.05, 0) is 12.8 Å². The summed E-state index contributed by atoms with van der Waals surface area (Å²) in [4.78, 5) is 2.94. The highest BCUT2D eigenvalue weighted by Gasteiger charge is 2.35. The van der Waals surface area contributed by atoms with Crippen molar-refractivity contribution in [2.75, 3.05) is 0 Å². The molecule has 7 heteroatoms. The fourth-order valence-electron chi connectivity index (χ4n) is 0.385. The molecule has 56 valence electrons. The summed E-state index contributed by atoms with van der Waals surface area (Å²) < 4.78 is 35.6. The van der Waals surface area contributed by atoms with Crippen LogP contribution < -0.4 is 0 Å². The van der Waals surface area contributed by atoms with Crippen LogP contribution in [-0.4, -0.2) is 14.2 Å². The Labute approximate surface area is 59.4 Å². The molecule has 0 unspecified atom stereocenters. The molecule has 0 aliphatic carbocycles. The molecule has 1 aromatic rings. The molecule has 1 rings (SSSR count). The van der Waals surface area contributed by atoms with E-state index < -0.39 is 12.0 Å². The lowest BCUT2D eigenvalue weighted by Gasteiger charge is -1.96. The molecule has 0 aliphatic rings. The van der Waals surface area contributed by atoms with Crippen LogP contribution in [-0.2, 0) is 6.18 Å². The van der Waals surface area contributed by atoms with E-state index in [1.807, 2.05) is 0 Å². The molecule has 1 aromatic heterocycles. The second-order valence-electron chi connectivity index (χ2n) is 1.49. The van der Waals surface area contributed by atoms with E-state index in [2.05, 4.69) is 22.9 Å². The van der Waals surface area contributed by atoms with Gasteiger partial charge in [-0.2, -0.15) is 17.3 Å². The highest BCUT2D eigenvalue weighted by Crippen LogP contribution is 2.25. The van der Waals surface area contributed by atoms with E-state index in [1.54, 1.807) is 0 Å². The predicted molar refractivity (Wildman–Crippen MR) is 29.4 cm³/mol. The Balaban J connectivity index is 2.96. The van der Waals surface area contributed by atoms with Gasteiger partial charge in [0.05, 0.1) is 0 Å². The lowest BCUT2D eigenvalue weighted by atomic mass is 10.6. The van der Waals surface area contributed by atoms with Crippen molar-refractivity contribution in [2.24, 2.45) is 0 Å². The summed E-state index contributed by atoms with van der Waals surface area (Å²) in [6.07, 6.45) is -3.61. The molecule has 0 fully saturated rings. The van der Waals surface area contributed by atoms with Crippen molar-refractivity contribution in [3.8, 4) is 0 Å². The van der Waals surface area contributed by atoms with Crippen LogP contribution in [0.2, 0.25) is 0 Å². The van der Waals surface area contributed by atoms with E-state index in [-0.39, 0.29) is 0 Å². The summed E-state index contributed by atoms with van der Waals surface area (Å²) >= 11 is 3.48. The molecule has 0 atom stereocenters. The largest absolute Gasteiger partial charge is 0.453 e. The van der Waals surface area contributed by atoms with Gasteiger partial charge >= 0.3 is 6.18 Å². The molecule has 0 saturated carbocycles. The Kier molecular flexibility index (Phi) is 1.59. The van der Waals surface area contributed by atoms with Gasteiger partial charge in [-0.15, -0.1) is 5.10 Å². The Morgan fingerprint density at radius 1 is 1.50 bits per heavy atom. The fourth-order valence-corrected chi connectivity index (χ4v) is 0.521. The predicted octanol–water partition coefficient (Wildman–Crippen LogP) is 0.990. The van der Waals surface area contributed by atoms with Crippen LogP contribution in [0, 0.1) is 0 Å². The van der Waals surface area contributed by atoms with Crippen LogP contribution in [0.3, 0.4) is 0 Å². The van der Waals surface area contributed by atoms with Crippen LogP contribution in [0.5, 0.6) is 0 Å². The first-order chi connectivity index (χ1) is 4.50. The van der Waals surface area contributed by atoms with Crippen LogP contribution in [0.15, 0.2) is 6.33 Å². The van der Waals surface area contributed by atoms with Gasteiger partial charge in [0.1, 0.15) is 6.33 Å². The molecule has 1 heterocycles. The third kappa shape index (κ3) is 1.41. The number of thiol groups is 1. The number of rotatable bonds is 0. The number of hydrogen-bond acceptors (Lipinski definition) is 3. The molecule has 0 N–H and O–H groups in total. The first-order valence-corrected chi connectivity index (χ1v) is 2.58. The normalized spacial score (nSPS) is 12.0. The average Bonchev–Trinajstić information content (AvgIpc) is 2.11.